The Morgan fingerprint density at radius 2 is 1.35 bits per heavy atom. The van der Waals surface area contributed by atoms with E-state index in [2.05, 4.69) is 0 Å². The van der Waals surface area contributed by atoms with Crippen LogP contribution in [0.3, 0.4) is 0 Å². The van der Waals surface area contributed by atoms with Crippen molar-refractivity contribution in [2.24, 2.45) is 0 Å². The predicted molar refractivity (Wildman–Crippen MR) is 164 cm³/mol. The van der Waals surface area contributed by atoms with Crippen LogP contribution in [0.2, 0.25) is 0 Å². The summed E-state index contributed by atoms with van der Waals surface area (Å²) in [6.45, 7) is 1.55. The van der Waals surface area contributed by atoms with Gasteiger partial charge in [-0.25, -0.2) is 14.0 Å². The Hall–Kier alpha value is -5.28. The standard InChI is InChI=1S/C36H25F10NO5/c1-16-11-17(32(48)49)3-5-22(16)24-7-8-25(31(51-2)29(24)37)23-6-4-19(34(38,39)40)15-26(23)27-9-10-28-30(52-33(50)47(27)28)18-12-20(35(41,42)43)14-21(13-18)36(44,45)46/h3-8,11-15,27-28,30H,9-10H2,1-2H3,(H,48,49)/t27-,28-,30+/m0/s1. The van der Waals surface area contributed by atoms with Crippen molar-refractivity contribution in [3.05, 3.63) is 111 Å². The molecule has 3 atom stereocenters. The molecule has 16 heteroatoms. The van der Waals surface area contributed by atoms with Crippen LogP contribution in [0, 0.1) is 12.7 Å². The first-order chi connectivity index (χ1) is 24.2. The van der Waals surface area contributed by atoms with E-state index < -0.39 is 82.6 Å². The quantitative estimate of drug-likeness (QED) is 0.199. The average molecular weight is 742 g/mol. The van der Waals surface area contributed by atoms with Gasteiger partial charge in [-0.3, -0.25) is 4.90 Å². The first-order valence-corrected chi connectivity index (χ1v) is 15.4. The summed E-state index contributed by atoms with van der Waals surface area (Å²) in [5.74, 6) is -2.55. The number of fused-ring (bicyclic) bond motifs is 1. The molecular weight excluding hydrogens is 716 g/mol. The van der Waals surface area contributed by atoms with Crippen molar-refractivity contribution in [1.82, 2.24) is 4.90 Å². The molecule has 4 aromatic rings. The third kappa shape index (κ3) is 6.50. The van der Waals surface area contributed by atoms with Gasteiger partial charge in [-0.15, -0.1) is 0 Å². The molecule has 0 bridgehead atoms. The fraction of sp³-hybridized carbons (Fsp3) is 0.278. The smallest absolute Gasteiger partial charge is 0.416 e. The summed E-state index contributed by atoms with van der Waals surface area (Å²) in [5, 5.41) is 9.30. The Morgan fingerprint density at radius 3 is 1.90 bits per heavy atom. The molecule has 1 amide bonds. The number of rotatable bonds is 6. The van der Waals surface area contributed by atoms with Gasteiger partial charge in [-0.2, -0.15) is 39.5 Å². The van der Waals surface area contributed by atoms with E-state index in [1.54, 1.807) is 6.92 Å². The number of aryl methyl sites for hydroxylation is 1. The third-order valence-corrected chi connectivity index (χ3v) is 9.25. The monoisotopic (exact) mass is 741 g/mol. The Balaban J connectivity index is 1.45. The maximum Gasteiger partial charge on any atom is 0.416 e. The van der Waals surface area contributed by atoms with Crippen LogP contribution < -0.4 is 4.74 Å². The minimum Gasteiger partial charge on any atom is -0.493 e. The molecule has 4 aromatic carbocycles. The second kappa shape index (κ2) is 12.7. The van der Waals surface area contributed by atoms with E-state index in [9.17, 15) is 54.2 Å². The van der Waals surface area contributed by atoms with E-state index in [1.165, 1.54) is 30.3 Å². The number of carboxylic acid groups (broad SMARTS) is 1. The lowest BCUT2D eigenvalue weighted by molar-refractivity contribution is -0.143. The second-order valence-electron chi connectivity index (χ2n) is 12.4. The van der Waals surface area contributed by atoms with Crippen LogP contribution >= 0.6 is 0 Å². The lowest BCUT2D eigenvalue weighted by Gasteiger charge is -2.26. The molecule has 6 nitrogen and oxygen atoms in total. The molecule has 2 heterocycles. The van der Waals surface area contributed by atoms with Crippen LogP contribution in [-0.4, -0.2) is 35.2 Å². The summed E-state index contributed by atoms with van der Waals surface area (Å²) in [6.07, 6.45) is -18.2. The van der Waals surface area contributed by atoms with Crippen molar-refractivity contribution in [3.63, 3.8) is 0 Å². The molecule has 0 spiro atoms. The maximum atomic E-state index is 16.2. The second-order valence-corrected chi connectivity index (χ2v) is 12.4. The van der Waals surface area contributed by atoms with Crippen LogP contribution in [0.15, 0.2) is 66.7 Å². The van der Waals surface area contributed by atoms with Gasteiger partial charge in [0, 0.05) is 11.1 Å². The molecule has 6 rings (SSSR count). The van der Waals surface area contributed by atoms with Crippen molar-refractivity contribution in [1.29, 1.82) is 0 Å². The van der Waals surface area contributed by atoms with E-state index in [0.29, 0.717) is 23.3 Å². The van der Waals surface area contributed by atoms with Crippen molar-refractivity contribution >= 4 is 12.1 Å². The maximum absolute atomic E-state index is 16.2. The topological polar surface area (TPSA) is 76.1 Å². The number of carbonyl (C=O) groups excluding carboxylic acids is 1. The Labute approximate surface area is 288 Å². The van der Waals surface area contributed by atoms with E-state index in [4.69, 9.17) is 9.47 Å². The molecule has 274 valence electrons. The van der Waals surface area contributed by atoms with E-state index in [0.717, 1.165) is 30.2 Å². The number of alkyl halides is 9. The highest BCUT2D eigenvalue weighted by Gasteiger charge is 2.52. The normalized spacial score (nSPS) is 19.1. The lowest BCUT2D eigenvalue weighted by atomic mass is 9.89. The van der Waals surface area contributed by atoms with E-state index >= 15 is 4.39 Å². The van der Waals surface area contributed by atoms with Gasteiger partial charge < -0.3 is 14.6 Å². The van der Waals surface area contributed by atoms with Crippen LogP contribution in [0.4, 0.5) is 48.7 Å². The van der Waals surface area contributed by atoms with Crippen LogP contribution in [0.25, 0.3) is 22.3 Å². The summed E-state index contributed by atoms with van der Waals surface area (Å²) in [6, 6.07) is 7.60. The van der Waals surface area contributed by atoms with E-state index in [-0.39, 0.29) is 46.7 Å². The molecular formula is C36H25F10NO5. The number of amides is 1. The highest BCUT2D eigenvalue weighted by atomic mass is 19.4. The van der Waals surface area contributed by atoms with Crippen LogP contribution in [0.5, 0.6) is 5.75 Å². The molecule has 2 saturated heterocycles. The fourth-order valence-corrected chi connectivity index (χ4v) is 6.92. The SMILES string of the molecule is COc1c(-c2ccc(C(F)(F)F)cc2[C@@H]2CC[C@H]3[C@@H](c4cc(C(F)(F)F)cc(C(F)(F)F)c4)OC(=O)N23)ccc(-c2ccc(C(=O)O)cc2C)c1F. The summed E-state index contributed by atoms with van der Waals surface area (Å²) in [5.41, 5.74) is -4.57. The van der Waals surface area contributed by atoms with Gasteiger partial charge in [0.05, 0.1) is 41.4 Å². The number of cyclic esters (lactones) is 1. The molecule has 0 unspecified atom stereocenters. The summed E-state index contributed by atoms with van der Waals surface area (Å²) >= 11 is 0. The number of methoxy groups -OCH3 is 1. The lowest BCUT2D eigenvalue weighted by Crippen LogP contribution is -2.31. The van der Waals surface area contributed by atoms with Gasteiger partial charge in [0.1, 0.15) is 6.10 Å². The highest BCUT2D eigenvalue weighted by molar-refractivity contribution is 5.89. The molecule has 52 heavy (non-hydrogen) atoms. The number of nitrogens with zero attached hydrogens (tertiary/aromatic N) is 1. The van der Waals surface area contributed by atoms with Gasteiger partial charge in [0.15, 0.2) is 11.6 Å². The molecule has 0 aliphatic carbocycles. The van der Waals surface area contributed by atoms with Crippen molar-refractivity contribution in [3.8, 4) is 28.0 Å². The van der Waals surface area contributed by atoms with Crippen molar-refractivity contribution in [2.45, 2.75) is 56.5 Å². The number of ether oxygens (including phenoxy) is 2. The number of benzene rings is 4. The molecule has 2 fully saturated rings. The minimum absolute atomic E-state index is 0.00595. The molecule has 2 aliphatic rings. The van der Waals surface area contributed by atoms with Gasteiger partial charge in [-0.05, 0) is 96.1 Å². The van der Waals surface area contributed by atoms with Crippen molar-refractivity contribution < 1.29 is 68.1 Å². The Kier molecular flexibility index (Phi) is 8.94. The first-order valence-electron chi connectivity index (χ1n) is 15.4. The summed E-state index contributed by atoms with van der Waals surface area (Å²) in [7, 11) is 1.12. The number of carbonyl (C=O) groups is 2. The average Bonchev–Trinajstić information content (AvgIpc) is 3.64. The van der Waals surface area contributed by atoms with Gasteiger partial charge >= 0.3 is 30.6 Å². The molecule has 1 N–H and O–H groups in total. The zero-order valence-corrected chi connectivity index (χ0v) is 26.8. The minimum atomic E-state index is -5.19. The van der Waals surface area contributed by atoms with Gasteiger partial charge in [-0.1, -0.05) is 18.2 Å². The number of carboxylic acids is 1. The Morgan fingerprint density at radius 1 is 0.769 bits per heavy atom. The van der Waals surface area contributed by atoms with Gasteiger partial charge in [0.25, 0.3) is 0 Å². The van der Waals surface area contributed by atoms with E-state index in [1.807, 2.05) is 0 Å². The zero-order chi connectivity index (χ0) is 38.1. The first kappa shape index (κ1) is 36.5. The van der Waals surface area contributed by atoms with Crippen LogP contribution in [-0.2, 0) is 23.3 Å². The fourth-order valence-electron chi connectivity index (χ4n) is 6.92. The number of hydrogen-bond acceptors (Lipinski definition) is 4. The molecule has 2 aliphatic heterocycles. The van der Waals surface area contributed by atoms with Crippen LogP contribution in [0.1, 0.15) is 68.7 Å². The van der Waals surface area contributed by atoms with Crippen molar-refractivity contribution in [2.75, 3.05) is 7.11 Å². The predicted octanol–water partition coefficient (Wildman–Crippen LogP) is 10.6. The largest absolute Gasteiger partial charge is 0.493 e. The molecule has 0 radical (unpaired) electrons. The summed E-state index contributed by atoms with van der Waals surface area (Å²) in [4.78, 5) is 25.7. The van der Waals surface area contributed by atoms with Gasteiger partial charge in [0.2, 0.25) is 0 Å². The Bertz CT molecular complexity index is 2060. The highest BCUT2D eigenvalue weighted by Crippen LogP contribution is 2.52. The number of halogens is 10. The number of hydrogen-bond donors (Lipinski definition) is 1. The molecule has 0 saturated carbocycles. The third-order valence-electron chi connectivity index (χ3n) is 9.25. The molecule has 0 aromatic heterocycles. The number of aromatic carboxylic acids is 1. The summed E-state index contributed by atoms with van der Waals surface area (Å²) < 4.78 is 151. The zero-order valence-electron chi connectivity index (χ0n) is 26.8.